The zero-order valence-electron chi connectivity index (χ0n) is 14.3. The second-order valence-corrected chi connectivity index (χ2v) is 5.88. The molecule has 0 aliphatic carbocycles. The highest BCUT2D eigenvalue weighted by atomic mass is 19.4. The van der Waals surface area contributed by atoms with E-state index in [9.17, 15) is 35.5 Å². The van der Waals surface area contributed by atoms with Crippen molar-refractivity contribution >= 4 is 11.6 Å². The largest absolute Gasteiger partial charge is 0.485 e. The highest BCUT2D eigenvalue weighted by molar-refractivity contribution is 6.05. The number of hydrogen-bond acceptors (Lipinski definition) is 2. The monoisotopic (exact) mass is 409 g/mol. The van der Waals surface area contributed by atoms with E-state index in [-0.39, 0.29) is 5.56 Å². The summed E-state index contributed by atoms with van der Waals surface area (Å²) >= 11 is 0. The Labute approximate surface area is 155 Å². The van der Waals surface area contributed by atoms with Crippen LogP contribution in [0.3, 0.4) is 0 Å². The van der Waals surface area contributed by atoms with Gasteiger partial charge in [0, 0.05) is 5.56 Å². The Morgan fingerprint density at radius 3 is 2.32 bits per heavy atom. The van der Waals surface area contributed by atoms with Crippen molar-refractivity contribution in [1.29, 1.82) is 0 Å². The SMILES string of the molecule is Cc1cccc(C(=O)Nc2cc(C(F)(F)F)ccc2OCC(F)(F)C(F)F)c1. The van der Waals surface area contributed by atoms with Crippen LogP contribution < -0.4 is 10.1 Å². The van der Waals surface area contributed by atoms with Crippen molar-refractivity contribution in [3.63, 3.8) is 0 Å². The quantitative estimate of drug-likeness (QED) is 0.636. The minimum absolute atomic E-state index is 0.0984. The van der Waals surface area contributed by atoms with E-state index in [1.807, 2.05) is 0 Å². The second kappa shape index (κ2) is 8.07. The lowest BCUT2D eigenvalue weighted by Gasteiger charge is -2.19. The zero-order chi connectivity index (χ0) is 21.1. The number of rotatable bonds is 6. The van der Waals surface area contributed by atoms with Gasteiger partial charge in [-0.2, -0.15) is 22.0 Å². The average Bonchev–Trinajstić information content (AvgIpc) is 2.59. The van der Waals surface area contributed by atoms with Crippen molar-refractivity contribution in [2.24, 2.45) is 0 Å². The van der Waals surface area contributed by atoms with E-state index >= 15 is 0 Å². The Bertz CT molecular complexity index is 850. The molecule has 0 aromatic heterocycles. The summed E-state index contributed by atoms with van der Waals surface area (Å²) in [5, 5.41) is 2.14. The van der Waals surface area contributed by atoms with Crippen molar-refractivity contribution in [3.8, 4) is 5.75 Å². The van der Waals surface area contributed by atoms with Gasteiger partial charge in [-0.05, 0) is 37.3 Å². The normalized spacial score (nSPS) is 12.2. The van der Waals surface area contributed by atoms with Crippen molar-refractivity contribution in [2.45, 2.75) is 25.4 Å². The first-order chi connectivity index (χ1) is 12.9. The first-order valence-electron chi connectivity index (χ1n) is 7.78. The number of benzene rings is 2. The van der Waals surface area contributed by atoms with Crippen LogP contribution in [0.4, 0.5) is 36.4 Å². The van der Waals surface area contributed by atoms with Gasteiger partial charge in [-0.3, -0.25) is 4.79 Å². The molecule has 10 heteroatoms. The van der Waals surface area contributed by atoms with Gasteiger partial charge in [0.05, 0.1) is 11.3 Å². The zero-order valence-corrected chi connectivity index (χ0v) is 14.3. The van der Waals surface area contributed by atoms with Crippen LogP contribution in [0.2, 0.25) is 0 Å². The standard InChI is InChI=1S/C18H14F7NO2/c1-10-3-2-4-11(7-10)15(27)26-13-8-12(18(23,24)25)5-6-14(13)28-9-17(21,22)16(19)20/h2-8,16H,9H2,1H3,(H,26,27). The third-order valence-electron chi connectivity index (χ3n) is 3.57. The van der Waals surface area contributed by atoms with Crippen LogP contribution in [0.25, 0.3) is 0 Å². The van der Waals surface area contributed by atoms with Crippen LogP contribution in [0.5, 0.6) is 5.75 Å². The smallest absolute Gasteiger partial charge is 0.416 e. The van der Waals surface area contributed by atoms with Crippen LogP contribution >= 0.6 is 0 Å². The van der Waals surface area contributed by atoms with Gasteiger partial charge in [0.1, 0.15) is 5.75 Å². The molecule has 28 heavy (non-hydrogen) atoms. The number of anilines is 1. The summed E-state index contributed by atoms with van der Waals surface area (Å²) in [5.74, 6) is -5.94. The number of hydrogen-bond donors (Lipinski definition) is 1. The molecule has 0 saturated carbocycles. The summed E-state index contributed by atoms with van der Waals surface area (Å²) in [6.07, 6.45) is -8.80. The summed E-state index contributed by atoms with van der Waals surface area (Å²) in [6.45, 7) is -0.0919. The van der Waals surface area contributed by atoms with E-state index in [2.05, 4.69) is 10.1 Å². The number of aryl methyl sites for hydroxylation is 1. The number of alkyl halides is 7. The van der Waals surface area contributed by atoms with E-state index in [1.54, 1.807) is 13.0 Å². The van der Waals surface area contributed by atoms with E-state index < -0.39 is 48.0 Å². The molecule has 0 spiro atoms. The predicted molar refractivity (Wildman–Crippen MR) is 87.0 cm³/mol. The van der Waals surface area contributed by atoms with Crippen LogP contribution in [-0.2, 0) is 6.18 Å². The van der Waals surface area contributed by atoms with Gasteiger partial charge in [0.2, 0.25) is 0 Å². The molecular formula is C18H14F7NO2. The number of halogens is 7. The molecule has 2 aromatic rings. The molecule has 2 aromatic carbocycles. The topological polar surface area (TPSA) is 38.3 Å². The minimum atomic E-state index is -4.78. The lowest BCUT2D eigenvalue weighted by Crippen LogP contribution is -2.34. The third-order valence-corrected chi connectivity index (χ3v) is 3.57. The minimum Gasteiger partial charge on any atom is -0.485 e. The van der Waals surface area contributed by atoms with Crippen molar-refractivity contribution < 1.29 is 40.3 Å². The van der Waals surface area contributed by atoms with Gasteiger partial charge >= 0.3 is 18.5 Å². The average molecular weight is 409 g/mol. The second-order valence-electron chi connectivity index (χ2n) is 5.88. The first-order valence-corrected chi connectivity index (χ1v) is 7.78. The number of nitrogens with one attached hydrogen (secondary N) is 1. The summed E-state index contributed by atoms with van der Waals surface area (Å²) in [6, 6.07) is 7.74. The molecule has 2 rings (SSSR count). The maximum atomic E-state index is 13.1. The lowest BCUT2D eigenvalue weighted by molar-refractivity contribution is -0.148. The molecule has 0 fully saturated rings. The fourth-order valence-electron chi connectivity index (χ4n) is 2.15. The maximum absolute atomic E-state index is 13.1. The van der Waals surface area contributed by atoms with Gasteiger partial charge in [0.15, 0.2) is 6.61 Å². The fraction of sp³-hybridized carbons (Fsp3) is 0.278. The number of carbonyl (C=O) groups excluding carboxylic acids is 1. The van der Waals surface area contributed by atoms with E-state index in [1.165, 1.54) is 18.2 Å². The highest BCUT2D eigenvalue weighted by Gasteiger charge is 2.42. The van der Waals surface area contributed by atoms with Crippen molar-refractivity contribution in [3.05, 3.63) is 59.2 Å². The predicted octanol–water partition coefficient (Wildman–Crippen LogP) is 5.55. The molecule has 0 saturated heterocycles. The maximum Gasteiger partial charge on any atom is 0.416 e. The number of ether oxygens (including phenoxy) is 1. The van der Waals surface area contributed by atoms with Crippen LogP contribution in [0.1, 0.15) is 21.5 Å². The Morgan fingerprint density at radius 1 is 1.07 bits per heavy atom. The third kappa shape index (κ3) is 5.37. The van der Waals surface area contributed by atoms with Crippen LogP contribution in [0, 0.1) is 6.92 Å². The molecule has 0 atom stereocenters. The van der Waals surface area contributed by atoms with Gasteiger partial charge in [-0.25, -0.2) is 8.78 Å². The Morgan fingerprint density at radius 2 is 1.75 bits per heavy atom. The molecule has 0 bridgehead atoms. The summed E-state index contributed by atoms with van der Waals surface area (Å²) in [4.78, 5) is 12.3. The summed E-state index contributed by atoms with van der Waals surface area (Å²) in [5.41, 5.74) is -0.961. The fourth-order valence-corrected chi connectivity index (χ4v) is 2.15. The van der Waals surface area contributed by atoms with Crippen LogP contribution in [-0.4, -0.2) is 24.9 Å². The molecule has 1 N–H and O–H groups in total. The van der Waals surface area contributed by atoms with Gasteiger partial charge in [-0.1, -0.05) is 17.7 Å². The Balaban J connectivity index is 2.33. The van der Waals surface area contributed by atoms with Crippen molar-refractivity contribution in [1.82, 2.24) is 0 Å². The lowest BCUT2D eigenvalue weighted by atomic mass is 10.1. The molecule has 0 aliphatic rings. The molecule has 0 aliphatic heterocycles. The number of amides is 1. The molecule has 0 heterocycles. The van der Waals surface area contributed by atoms with E-state index in [4.69, 9.17) is 0 Å². The Kier molecular flexibility index (Phi) is 6.20. The van der Waals surface area contributed by atoms with Crippen LogP contribution in [0.15, 0.2) is 42.5 Å². The molecule has 0 radical (unpaired) electrons. The first kappa shape index (κ1) is 21.5. The van der Waals surface area contributed by atoms with Crippen molar-refractivity contribution in [2.75, 3.05) is 11.9 Å². The Hall–Kier alpha value is -2.78. The molecule has 1 amide bonds. The molecule has 0 unspecified atom stereocenters. The highest BCUT2D eigenvalue weighted by Crippen LogP contribution is 2.36. The van der Waals surface area contributed by atoms with Gasteiger partial charge < -0.3 is 10.1 Å². The summed E-state index contributed by atoms with van der Waals surface area (Å²) < 4.78 is 94.0. The number of carbonyl (C=O) groups is 1. The molecule has 3 nitrogen and oxygen atoms in total. The molecule has 152 valence electrons. The van der Waals surface area contributed by atoms with E-state index in [0.29, 0.717) is 23.8 Å². The van der Waals surface area contributed by atoms with Gasteiger partial charge in [-0.15, -0.1) is 0 Å². The molecular weight excluding hydrogens is 395 g/mol. The van der Waals surface area contributed by atoms with E-state index in [0.717, 1.165) is 0 Å². The summed E-state index contributed by atoms with van der Waals surface area (Å²) in [7, 11) is 0. The van der Waals surface area contributed by atoms with Gasteiger partial charge in [0.25, 0.3) is 5.91 Å².